The predicted octanol–water partition coefficient (Wildman–Crippen LogP) is 2.95. The van der Waals surface area contributed by atoms with E-state index in [1.54, 1.807) is 62.7 Å². The summed E-state index contributed by atoms with van der Waals surface area (Å²) in [5.74, 6) is 0.183. The first kappa shape index (κ1) is 23.6. The number of hydrogen-bond donors (Lipinski definition) is 1. The molecule has 0 aliphatic carbocycles. The zero-order valence-corrected chi connectivity index (χ0v) is 20.2. The molecule has 0 aliphatic rings. The molecule has 1 unspecified atom stereocenters. The molecule has 0 radical (unpaired) electrons. The molecule has 0 saturated heterocycles. The second-order valence-corrected chi connectivity index (χ2v) is 9.64. The summed E-state index contributed by atoms with van der Waals surface area (Å²) in [5, 5.41) is 11.5. The molecular weight excluding hydrogens is 456 g/mol. The number of carbonyl (C=O) groups is 1. The fourth-order valence-corrected chi connectivity index (χ4v) is 5.22. The lowest BCUT2D eigenvalue weighted by molar-refractivity contribution is -0.122. The Hall–Kier alpha value is -3.57. The number of aryl methyl sites for hydroxylation is 1. The zero-order chi connectivity index (χ0) is 24.5. The Balaban J connectivity index is 1.64. The van der Waals surface area contributed by atoms with Crippen LogP contribution in [0, 0.1) is 0 Å². The van der Waals surface area contributed by atoms with Gasteiger partial charge in [0, 0.05) is 25.5 Å². The first-order chi connectivity index (χ1) is 16.3. The molecule has 0 bridgehead atoms. The fraction of sp³-hybridized carbons (Fsp3) is 0.304. The number of nitrogens with zero attached hydrogens (tertiary/aromatic N) is 5. The number of hydrogen-bond acceptors (Lipinski definition) is 7. The van der Waals surface area contributed by atoms with Crippen LogP contribution in [0.1, 0.15) is 20.8 Å². The van der Waals surface area contributed by atoms with Crippen LogP contribution >= 0.6 is 0 Å². The van der Waals surface area contributed by atoms with E-state index in [0.717, 1.165) is 5.52 Å². The first-order valence-corrected chi connectivity index (χ1v) is 12.4. The van der Waals surface area contributed by atoms with Crippen LogP contribution in [0.25, 0.3) is 22.1 Å². The number of carbonyl (C=O) groups excluding carboxylic acids is 1. The van der Waals surface area contributed by atoms with Crippen LogP contribution in [0.5, 0.6) is 5.75 Å². The summed E-state index contributed by atoms with van der Waals surface area (Å²) in [6.07, 6.45) is -0.776. The number of nitrogens with one attached hydrogen (secondary N) is 1. The molecule has 1 atom stereocenters. The Labute approximate surface area is 197 Å². The predicted molar refractivity (Wildman–Crippen MR) is 129 cm³/mol. The van der Waals surface area contributed by atoms with E-state index in [2.05, 4.69) is 20.5 Å². The van der Waals surface area contributed by atoms with Crippen LogP contribution in [0.3, 0.4) is 0 Å². The second-order valence-electron chi connectivity index (χ2n) is 7.70. The molecule has 178 valence electrons. The van der Waals surface area contributed by atoms with Crippen molar-refractivity contribution in [1.82, 2.24) is 24.1 Å². The fourth-order valence-electron chi connectivity index (χ4n) is 3.73. The van der Waals surface area contributed by atoms with Crippen LogP contribution in [-0.2, 0) is 21.9 Å². The highest BCUT2D eigenvalue weighted by molar-refractivity contribution is 7.89. The first-order valence-electron chi connectivity index (χ1n) is 10.9. The van der Waals surface area contributed by atoms with Crippen LogP contribution in [-0.4, -0.2) is 57.6 Å². The third-order valence-corrected chi connectivity index (χ3v) is 7.62. The van der Waals surface area contributed by atoms with Gasteiger partial charge in [-0.3, -0.25) is 10.1 Å². The molecule has 10 nitrogen and oxygen atoms in total. The maximum atomic E-state index is 13.0. The number of anilines is 1. The minimum atomic E-state index is -3.63. The number of fused-ring (bicyclic) bond motifs is 3. The standard InChI is InChI=1S/C23H26N6O4S/c1-5-29(6-2)34(31,32)17-12-13-19-18(14-17)20-21(28(19)4)24-23(27-26-20)25-22(30)15(3)33-16-10-8-7-9-11-16/h7-15H,5-6H2,1-4H3,(H,24,25,27,30). The van der Waals surface area contributed by atoms with Gasteiger partial charge in [-0.1, -0.05) is 32.0 Å². The number of ether oxygens (including phenoxy) is 1. The van der Waals surface area contributed by atoms with Gasteiger partial charge in [-0.05, 0) is 37.3 Å². The third kappa shape index (κ3) is 4.31. The Morgan fingerprint density at radius 1 is 1.12 bits per heavy atom. The van der Waals surface area contributed by atoms with E-state index < -0.39 is 22.0 Å². The van der Waals surface area contributed by atoms with Gasteiger partial charge in [-0.15, -0.1) is 10.2 Å². The SMILES string of the molecule is CCN(CC)S(=O)(=O)c1ccc2c(c1)c1nnc(NC(=O)C(C)Oc3ccccc3)nc1n2C. The molecule has 0 spiro atoms. The highest BCUT2D eigenvalue weighted by Crippen LogP contribution is 2.29. The van der Waals surface area contributed by atoms with Crippen LogP contribution in [0.15, 0.2) is 53.4 Å². The highest BCUT2D eigenvalue weighted by Gasteiger charge is 2.24. The van der Waals surface area contributed by atoms with Gasteiger partial charge in [0.25, 0.3) is 11.9 Å². The molecule has 4 aromatic rings. The van der Waals surface area contributed by atoms with Crippen molar-refractivity contribution in [3.8, 4) is 5.75 Å². The zero-order valence-electron chi connectivity index (χ0n) is 19.4. The van der Waals surface area contributed by atoms with Crippen molar-refractivity contribution in [2.24, 2.45) is 7.05 Å². The number of aromatic nitrogens is 4. The third-order valence-electron chi connectivity index (χ3n) is 5.57. The summed E-state index contributed by atoms with van der Waals surface area (Å²) in [6.45, 7) is 5.98. The monoisotopic (exact) mass is 482 g/mol. The van der Waals surface area contributed by atoms with Gasteiger partial charge < -0.3 is 9.30 Å². The molecule has 0 fully saturated rings. The summed E-state index contributed by atoms with van der Waals surface area (Å²) in [5.41, 5.74) is 1.66. The van der Waals surface area contributed by atoms with E-state index in [9.17, 15) is 13.2 Å². The average molecular weight is 483 g/mol. The van der Waals surface area contributed by atoms with Crippen molar-refractivity contribution in [2.75, 3.05) is 18.4 Å². The van der Waals surface area contributed by atoms with Crippen LogP contribution in [0.4, 0.5) is 5.95 Å². The molecule has 2 aromatic heterocycles. The van der Waals surface area contributed by atoms with E-state index in [1.807, 2.05) is 18.2 Å². The lowest BCUT2D eigenvalue weighted by Crippen LogP contribution is -2.31. The number of benzene rings is 2. The number of rotatable bonds is 8. The van der Waals surface area contributed by atoms with Gasteiger partial charge in [0.15, 0.2) is 11.8 Å². The maximum absolute atomic E-state index is 13.0. The lowest BCUT2D eigenvalue weighted by Gasteiger charge is -2.18. The summed E-state index contributed by atoms with van der Waals surface area (Å²) in [4.78, 5) is 17.2. The van der Waals surface area contributed by atoms with Crippen molar-refractivity contribution < 1.29 is 17.9 Å². The van der Waals surface area contributed by atoms with E-state index in [4.69, 9.17) is 4.74 Å². The number of para-hydroxylation sites is 1. The topological polar surface area (TPSA) is 119 Å². The largest absolute Gasteiger partial charge is 0.481 e. The summed E-state index contributed by atoms with van der Waals surface area (Å²) >= 11 is 0. The second kappa shape index (κ2) is 9.35. The molecule has 4 rings (SSSR count). The molecule has 2 aromatic carbocycles. The van der Waals surface area contributed by atoms with Crippen molar-refractivity contribution in [3.63, 3.8) is 0 Å². The Bertz CT molecular complexity index is 1450. The van der Waals surface area contributed by atoms with E-state index in [-0.39, 0.29) is 10.8 Å². The van der Waals surface area contributed by atoms with Gasteiger partial charge in [0.05, 0.1) is 10.4 Å². The molecule has 0 saturated carbocycles. The molecule has 2 heterocycles. The summed E-state index contributed by atoms with van der Waals surface area (Å²) in [7, 11) is -1.83. The van der Waals surface area contributed by atoms with Crippen LogP contribution < -0.4 is 10.1 Å². The normalized spacial score (nSPS) is 12.9. The van der Waals surface area contributed by atoms with Crippen molar-refractivity contribution in [2.45, 2.75) is 31.8 Å². The Morgan fingerprint density at radius 3 is 2.50 bits per heavy atom. The molecule has 0 aliphatic heterocycles. The van der Waals surface area contributed by atoms with Gasteiger partial charge in [-0.25, -0.2) is 8.42 Å². The van der Waals surface area contributed by atoms with Gasteiger partial charge in [0.2, 0.25) is 10.0 Å². The Kier molecular flexibility index (Phi) is 6.49. The molecule has 1 N–H and O–H groups in total. The molecule has 11 heteroatoms. The minimum Gasteiger partial charge on any atom is -0.481 e. The van der Waals surface area contributed by atoms with Gasteiger partial charge >= 0.3 is 0 Å². The smallest absolute Gasteiger partial charge is 0.267 e. The van der Waals surface area contributed by atoms with Gasteiger partial charge in [0.1, 0.15) is 11.3 Å². The van der Waals surface area contributed by atoms with Crippen LogP contribution in [0.2, 0.25) is 0 Å². The van der Waals surface area contributed by atoms with Crippen molar-refractivity contribution >= 4 is 43.9 Å². The summed E-state index contributed by atoms with van der Waals surface area (Å²) in [6, 6.07) is 13.9. The van der Waals surface area contributed by atoms with Gasteiger partial charge in [-0.2, -0.15) is 9.29 Å². The summed E-state index contributed by atoms with van der Waals surface area (Å²) < 4.78 is 34.7. The van der Waals surface area contributed by atoms with Crippen molar-refractivity contribution in [3.05, 3.63) is 48.5 Å². The Morgan fingerprint density at radius 2 is 1.82 bits per heavy atom. The lowest BCUT2D eigenvalue weighted by atomic mass is 10.2. The van der Waals surface area contributed by atoms with E-state index >= 15 is 0 Å². The number of sulfonamides is 1. The molecular formula is C23H26N6O4S. The van der Waals surface area contributed by atoms with E-state index in [1.165, 1.54) is 4.31 Å². The average Bonchev–Trinajstić information content (AvgIpc) is 3.11. The van der Waals surface area contributed by atoms with Crippen molar-refractivity contribution in [1.29, 1.82) is 0 Å². The maximum Gasteiger partial charge on any atom is 0.267 e. The highest BCUT2D eigenvalue weighted by atomic mass is 32.2. The number of amides is 1. The van der Waals surface area contributed by atoms with E-state index in [0.29, 0.717) is 35.4 Å². The minimum absolute atomic E-state index is 0.0305. The molecule has 1 amide bonds. The quantitative estimate of drug-likeness (QED) is 0.410. The molecule has 34 heavy (non-hydrogen) atoms.